The molecule has 5 nitrogen and oxygen atoms in total. The number of hydrazine groups is 1. The lowest BCUT2D eigenvalue weighted by Crippen LogP contribution is -2.31. The highest BCUT2D eigenvalue weighted by Gasteiger charge is 2.22. The van der Waals surface area contributed by atoms with Crippen molar-refractivity contribution >= 4 is 0 Å². The van der Waals surface area contributed by atoms with Gasteiger partial charge in [-0.3, -0.25) is 10.5 Å². The van der Waals surface area contributed by atoms with Crippen LogP contribution in [-0.2, 0) is 7.05 Å². The maximum absolute atomic E-state index is 5.75. The van der Waals surface area contributed by atoms with E-state index in [4.69, 9.17) is 10.6 Å². The van der Waals surface area contributed by atoms with Crippen LogP contribution in [0.5, 0.6) is 5.75 Å². The number of aryl methyl sites for hydroxylation is 3. The van der Waals surface area contributed by atoms with Crippen molar-refractivity contribution in [3.8, 4) is 5.75 Å². The van der Waals surface area contributed by atoms with E-state index in [0.717, 1.165) is 17.0 Å². The number of nitrogens with two attached hydrogens (primary N) is 1. The lowest BCUT2D eigenvalue weighted by molar-refractivity contribution is 0.401. The molecule has 0 fully saturated rings. The van der Waals surface area contributed by atoms with E-state index >= 15 is 0 Å². The van der Waals surface area contributed by atoms with Crippen molar-refractivity contribution < 1.29 is 4.74 Å². The second-order valence-corrected chi connectivity index (χ2v) is 4.68. The highest BCUT2D eigenvalue weighted by Crippen LogP contribution is 2.30. The van der Waals surface area contributed by atoms with Gasteiger partial charge in [-0.15, -0.1) is 0 Å². The van der Waals surface area contributed by atoms with Gasteiger partial charge < -0.3 is 4.74 Å². The van der Waals surface area contributed by atoms with Gasteiger partial charge in [0, 0.05) is 7.05 Å². The quantitative estimate of drug-likeness (QED) is 0.647. The summed E-state index contributed by atoms with van der Waals surface area (Å²) in [5.41, 5.74) is 7.31. The molecule has 3 N–H and O–H groups in total. The molecule has 1 heterocycles. The van der Waals surface area contributed by atoms with Crippen molar-refractivity contribution in [3.05, 3.63) is 46.8 Å². The molecule has 0 saturated carbocycles. The van der Waals surface area contributed by atoms with E-state index in [-0.39, 0.29) is 6.04 Å². The Kier molecular flexibility index (Phi) is 3.87. The highest BCUT2D eigenvalue weighted by atomic mass is 16.5. The van der Waals surface area contributed by atoms with Crippen molar-refractivity contribution in [2.75, 3.05) is 7.11 Å². The zero-order valence-corrected chi connectivity index (χ0v) is 11.8. The Morgan fingerprint density at radius 2 is 2.11 bits per heavy atom. The SMILES string of the molecule is COc1cnn(C)c1C(NN)c1ccc(C)cc1C. The van der Waals surface area contributed by atoms with Crippen LogP contribution in [0.1, 0.15) is 28.4 Å². The molecule has 0 aliphatic carbocycles. The second-order valence-electron chi connectivity index (χ2n) is 4.68. The molecule has 1 unspecified atom stereocenters. The summed E-state index contributed by atoms with van der Waals surface area (Å²) < 4.78 is 7.14. The third-order valence-electron chi connectivity index (χ3n) is 3.35. The molecule has 19 heavy (non-hydrogen) atoms. The van der Waals surface area contributed by atoms with Crippen LogP contribution < -0.4 is 16.0 Å². The van der Waals surface area contributed by atoms with E-state index < -0.39 is 0 Å². The topological polar surface area (TPSA) is 65.1 Å². The lowest BCUT2D eigenvalue weighted by atomic mass is 9.97. The first-order valence-corrected chi connectivity index (χ1v) is 6.17. The van der Waals surface area contributed by atoms with Crippen LogP contribution in [0, 0.1) is 13.8 Å². The summed E-state index contributed by atoms with van der Waals surface area (Å²) in [6, 6.07) is 6.16. The molecule has 0 amide bonds. The molecule has 1 aromatic heterocycles. The van der Waals surface area contributed by atoms with Crippen LogP contribution in [0.15, 0.2) is 24.4 Å². The van der Waals surface area contributed by atoms with Gasteiger partial charge in [0.25, 0.3) is 0 Å². The Balaban J connectivity index is 2.52. The minimum absolute atomic E-state index is 0.150. The van der Waals surface area contributed by atoms with Crippen molar-refractivity contribution in [3.63, 3.8) is 0 Å². The summed E-state index contributed by atoms with van der Waals surface area (Å²) in [6.45, 7) is 4.15. The number of benzene rings is 1. The molecule has 0 aliphatic rings. The molecule has 0 spiro atoms. The van der Waals surface area contributed by atoms with Gasteiger partial charge in [-0.1, -0.05) is 23.8 Å². The Morgan fingerprint density at radius 3 is 2.68 bits per heavy atom. The van der Waals surface area contributed by atoms with Gasteiger partial charge in [-0.25, -0.2) is 5.43 Å². The molecule has 2 rings (SSSR count). The largest absolute Gasteiger partial charge is 0.493 e. The minimum atomic E-state index is -0.150. The van der Waals surface area contributed by atoms with Gasteiger partial charge >= 0.3 is 0 Å². The summed E-state index contributed by atoms with van der Waals surface area (Å²) in [5.74, 6) is 6.48. The van der Waals surface area contributed by atoms with E-state index in [2.05, 4.69) is 42.6 Å². The smallest absolute Gasteiger partial charge is 0.161 e. The third kappa shape index (κ3) is 2.47. The fraction of sp³-hybridized carbons (Fsp3) is 0.357. The van der Waals surface area contributed by atoms with Gasteiger partial charge in [0.1, 0.15) is 5.69 Å². The van der Waals surface area contributed by atoms with Gasteiger partial charge in [-0.05, 0) is 25.0 Å². The van der Waals surface area contributed by atoms with Gasteiger partial charge in [0.05, 0.1) is 19.3 Å². The molecular weight excluding hydrogens is 240 g/mol. The number of methoxy groups -OCH3 is 1. The molecule has 5 heteroatoms. The average molecular weight is 260 g/mol. The molecular formula is C14H20N4O. The first-order chi connectivity index (χ1) is 9.08. The zero-order valence-electron chi connectivity index (χ0n) is 11.8. The van der Waals surface area contributed by atoms with Crippen LogP contribution in [0.2, 0.25) is 0 Å². The number of ether oxygens (including phenoxy) is 1. The first kappa shape index (κ1) is 13.6. The molecule has 1 aromatic carbocycles. The van der Waals surface area contributed by atoms with Gasteiger partial charge in [0.2, 0.25) is 0 Å². The van der Waals surface area contributed by atoms with Crippen LogP contribution in [0.4, 0.5) is 0 Å². The monoisotopic (exact) mass is 260 g/mol. The van der Waals surface area contributed by atoms with E-state index in [1.165, 1.54) is 11.1 Å². The standard InChI is InChI=1S/C14H20N4O/c1-9-5-6-11(10(2)7-9)13(17-15)14-12(19-4)8-16-18(14)3/h5-8,13,17H,15H2,1-4H3. The predicted octanol–water partition coefficient (Wildman–Crippen LogP) is 1.60. The fourth-order valence-corrected chi connectivity index (χ4v) is 2.38. The third-order valence-corrected chi connectivity index (χ3v) is 3.35. The fourth-order valence-electron chi connectivity index (χ4n) is 2.38. The van der Waals surface area contributed by atoms with E-state index in [9.17, 15) is 0 Å². The molecule has 0 bridgehead atoms. The summed E-state index contributed by atoms with van der Waals surface area (Å²) in [4.78, 5) is 0. The normalized spacial score (nSPS) is 12.5. The Hall–Kier alpha value is -1.85. The van der Waals surface area contributed by atoms with Crippen LogP contribution in [-0.4, -0.2) is 16.9 Å². The number of rotatable bonds is 4. The van der Waals surface area contributed by atoms with Crippen LogP contribution in [0.3, 0.4) is 0 Å². The van der Waals surface area contributed by atoms with E-state index in [1.807, 2.05) is 7.05 Å². The molecule has 0 radical (unpaired) electrons. The lowest BCUT2D eigenvalue weighted by Gasteiger charge is -2.20. The molecule has 2 aromatic rings. The number of nitrogens with one attached hydrogen (secondary N) is 1. The predicted molar refractivity (Wildman–Crippen MR) is 74.8 cm³/mol. The molecule has 1 atom stereocenters. The van der Waals surface area contributed by atoms with Gasteiger partial charge in [0.15, 0.2) is 5.75 Å². The first-order valence-electron chi connectivity index (χ1n) is 6.17. The van der Waals surface area contributed by atoms with Crippen molar-refractivity contribution in [2.45, 2.75) is 19.9 Å². The number of aromatic nitrogens is 2. The Bertz CT molecular complexity index is 577. The van der Waals surface area contributed by atoms with Crippen molar-refractivity contribution in [1.29, 1.82) is 0 Å². The van der Waals surface area contributed by atoms with Crippen molar-refractivity contribution in [1.82, 2.24) is 15.2 Å². The van der Waals surface area contributed by atoms with E-state index in [0.29, 0.717) is 0 Å². The van der Waals surface area contributed by atoms with Crippen LogP contribution in [0.25, 0.3) is 0 Å². The number of nitrogens with zero attached hydrogens (tertiary/aromatic N) is 2. The minimum Gasteiger partial charge on any atom is -0.493 e. The van der Waals surface area contributed by atoms with Crippen molar-refractivity contribution in [2.24, 2.45) is 12.9 Å². The average Bonchev–Trinajstić information content (AvgIpc) is 2.74. The number of hydrogen-bond acceptors (Lipinski definition) is 4. The maximum Gasteiger partial charge on any atom is 0.161 e. The Labute approximate surface area is 113 Å². The highest BCUT2D eigenvalue weighted by molar-refractivity contribution is 5.41. The summed E-state index contributed by atoms with van der Waals surface area (Å²) in [5, 5.41) is 4.23. The molecule has 102 valence electrons. The van der Waals surface area contributed by atoms with E-state index in [1.54, 1.807) is 18.0 Å². The maximum atomic E-state index is 5.75. The summed E-state index contributed by atoms with van der Waals surface area (Å²) >= 11 is 0. The van der Waals surface area contributed by atoms with Gasteiger partial charge in [-0.2, -0.15) is 5.10 Å². The Morgan fingerprint density at radius 1 is 1.37 bits per heavy atom. The second kappa shape index (κ2) is 5.42. The molecule has 0 saturated heterocycles. The van der Waals surface area contributed by atoms with Crippen LogP contribution >= 0.6 is 0 Å². The molecule has 0 aliphatic heterocycles. The summed E-state index contributed by atoms with van der Waals surface area (Å²) in [6.07, 6.45) is 1.70. The summed E-state index contributed by atoms with van der Waals surface area (Å²) in [7, 11) is 3.52. The number of hydrogen-bond donors (Lipinski definition) is 2. The zero-order chi connectivity index (χ0) is 14.0.